The van der Waals surface area contributed by atoms with E-state index in [2.05, 4.69) is 5.10 Å². The minimum absolute atomic E-state index is 0.126. The SMILES string of the molecule is COc1ccc(Cl)cc1S(=O)(=O)N/N=C/c1ccc(F)cc1. The van der Waals surface area contributed by atoms with Crippen LogP contribution in [-0.2, 0) is 10.0 Å². The second-order valence-electron chi connectivity index (χ2n) is 4.20. The fourth-order valence-corrected chi connectivity index (χ4v) is 2.85. The Kier molecular flexibility index (Phi) is 4.99. The van der Waals surface area contributed by atoms with Crippen LogP contribution in [0, 0.1) is 5.82 Å². The highest BCUT2D eigenvalue weighted by atomic mass is 35.5. The number of hydrogen-bond donors (Lipinski definition) is 1. The van der Waals surface area contributed by atoms with Gasteiger partial charge in [0.2, 0.25) is 0 Å². The monoisotopic (exact) mass is 342 g/mol. The molecule has 22 heavy (non-hydrogen) atoms. The maximum absolute atomic E-state index is 12.8. The molecule has 0 saturated carbocycles. The molecule has 0 aliphatic carbocycles. The summed E-state index contributed by atoms with van der Waals surface area (Å²) in [5.74, 6) is -0.240. The predicted molar refractivity (Wildman–Crippen MR) is 82.3 cm³/mol. The van der Waals surface area contributed by atoms with Crippen molar-refractivity contribution in [1.82, 2.24) is 4.83 Å². The Morgan fingerprint density at radius 1 is 1.23 bits per heavy atom. The molecule has 0 spiro atoms. The van der Waals surface area contributed by atoms with E-state index in [4.69, 9.17) is 16.3 Å². The summed E-state index contributed by atoms with van der Waals surface area (Å²) < 4.78 is 42.1. The van der Waals surface area contributed by atoms with Gasteiger partial charge in [0.15, 0.2) is 0 Å². The van der Waals surface area contributed by atoms with Crippen molar-refractivity contribution in [2.75, 3.05) is 7.11 Å². The first-order valence-electron chi connectivity index (χ1n) is 6.06. The fraction of sp³-hybridized carbons (Fsp3) is 0.0714. The van der Waals surface area contributed by atoms with Gasteiger partial charge in [-0.15, -0.1) is 0 Å². The van der Waals surface area contributed by atoms with Crippen LogP contribution in [0.1, 0.15) is 5.56 Å². The van der Waals surface area contributed by atoms with E-state index < -0.39 is 10.0 Å². The van der Waals surface area contributed by atoms with Gasteiger partial charge in [0, 0.05) is 5.02 Å². The van der Waals surface area contributed by atoms with Crippen molar-refractivity contribution < 1.29 is 17.5 Å². The maximum atomic E-state index is 12.8. The van der Waals surface area contributed by atoms with Gasteiger partial charge in [0.05, 0.1) is 13.3 Å². The van der Waals surface area contributed by atoms with E-state index in [0.717, 1.165) is 0 Å². The van der Waals surface area contributed by atoms with Crippen molar-refractivity contribution in [3.8, 4) is 5.75 Å². The van der Waals surface area contributed by atoms with Crippen LogP contribution >= 0.6 is 11.6 Å². The van der Waals surface area contributed by atoms with E-state index in [-0.39, 0.29) is 21.5 Å². The lowest BCUT2D eigenvalue weighted by atomic mass is 10.2. The van der Waals surface area contributed by atoms with Gasteiger partial charge in [-0.3, -0.25) is 0 Å². The Hall–Kier alpha value is -2.12. The smallest absolute Gasteiger partial charge is 0.280 e. The molecule has 0 radical (unpaired) electrons. The maximum Gasteiger partial charge on any atom is 0.280 e. The summed E-state index contributed by atoms with van der Waals surface area (Å²) in [7, 11) is -2.58. The summed E-state index contributed by atoms with van der Waals surface area (Å²) in [5.41, 5.74) is 0.544. The van der Waals surface area contributed by atoms with Crippen LogP contribution in [0.25, 0.3) is 0 Å². The topological polar surface area (TPSA) is 67.8 Å². The Labute approximate surface area is 132 Å². The number of halogens is 2. The summed E-state index contributed by atoms with van der Waals surface area (Å²) >= 11 is 5.80. The van der Waals surface area contributed by atoms with Gasteiger partial charge in [0.1, 0.15) is 16.5 Å². The van der Waals surface area contributed by atoms with Crippen molar-refractivity contribution in [3.63, 3.8) is 0 Å². The third-order valence-electron chi connectivity index (χ3n) is 2.67. The van der Waals surface area contributed by atoms with Gasteiger partial charge >= 0.3 is 0 Å². The number of benzene rings is 2. The zero-order valence-corrected chi connectivity index (χ0v) is 13.0. The molecule has 0 atom stereocenters. The van der Waals surface area contributed by atoms with Gasteiger partial charge < -0.3 is 4.74 Å². The van der Waals surface area contributed by atoms with Crippen LogP contribution in [0.15, 0.2) is 52.5 Å². The van der Waals surface area contributed by atoms with Gasteiger partial charge in [-0.2, -0.15) is 18.4 Å². The Morgan fingerprint density at radius 3 is 2.55 bits per heavy atom. The molecule has 0 aliphatic heterocycles. The van der Waals surface area contributed by atoms with Gasteiger partial charge in [-0.25, -0.2) is 4.39 Å². The van der Waals surface area contributed by atoms with Crippen LogP contribution < -0.4 is 9.57 Å². The molecule has 8 heteroatoms. The quantitative estimate of drug-likeness (QED) is 0.671. The van der Waals surface area contributed by atoms with Crippen molar-refractivity contribution in [1.29, 1.82) is 0 Å². The Bertz CT molecular complexity index is 792. The normalized spacial score (nSPS) is 11.6. The molecule has 116 valence electrons. The van der Waals surface area contributed by atoms with Crippen molar-refractivity contribution >= 4 is 27.8 Å². The van der Waals surface area contributed by atoms with Gasteiger partial charge in [0.25, 0.3) is 10.0 Å². The van der Waals surface area contributed by atoms with E-state index in [1.54, 1.807) is 0 Å². The van der Waals surface area contributed by atoms with E-state index in [9.17, 15) is 12.8 Å². The number of hydrogen-bond acceptors (Lipinski definition) is 4. The molecular formula is C14H12ClFN2O3S. The second-order valence-corrected chi connectivity index (χ2v) is 6.27. The summed E-state index contributed by atoms with van der Waals surface area (Å²) in [4.78, 5) is 1.92. The lowest BCUT2D eigenvalue weighted by molar-refractivity contribution is 0.402. The second kappa shape index (κ2) is 6.76. The first-order valence-corrected chi connectivity index (χ1v) is 7.92. The highest BCUT2D eigenvalue weighted by Gasteiger charge is 2.19. The molecule has 2 aromatic rings. The standard InChI is InChI=1S/C14H12ClFN2O3S/c1-21-13-7-4-11(15)8-14(13)22(19,20)18-17-9-10-2-5-12(16)6-3-10/h2-9,18H,1H3/b17-9+. The molecule has 0 bridgehead atoms. The summed E-state index contributed by atoms with van der Waals surface area (Å²) in [6.07, 6.45) is 1.26. The molecule has 0 unspecified atom stereocenters. The number of hydrazone groups is 1. The number of nitrogens with one attached hydrogen (secondary N) is 1. The van der Waals surface area contributed by atoms with Crippen LogP contribution in [0.5, 0.6) is 5.75 Å². The number of sulfonamides is 1. The Morgan fingerprint density at radius 2 is 1.91 bits per heavy atom. The van der Waals surface area contributed by atoms with Gasteiger partial charge in [-0.05, 0) is 35.9 Å². The minimum atomic E-state index is -3.94. The average Bonchev–Trinajstić information content (AvgIpc) is 2.49. The highest BCUT2D eigenvalue weighted by Crippen LogP contribution is 2.26. The fourth-order valence-electron chi connectivity index (χ4n) is 1.63. The molecule has 0 fully saturated rings. The molecule has 5 nitrogen and oxygen atoms in total. The third kappa shape index (κ3) is 3.96. The predicted octanol–water partition coefficient (Wildman–Crippen LogP) is 2.80. The van der Waals surface area contributed by atoms with Crippen LogP contribution in [0.2, 0.25) is 5.02 Å². The first-order chi connectivity index (χ1) is 10.4. The lowest BCUT2D eigenvalue weighted by Crippen LogP contribution is -2.19. The number of ether oxygens (including phenoxy) is 1. The van der Waals surface area contributed by atoms with Crippen molar-refractivity contribution in [2.45, 2.75) is 4.90 Å². The Balaban J connectivity index is 2.21. The van der Waals surface area contributed by atoms with E-state index in [0.29, 0.717) is 5.56 Å². The molecule has 0 aliphatic rings. The number of rotatable bonds is 5. The van der Waals surface area contributed by atoms with E-state index >= 15 is 0 Å². The first kappa shape index (κ1) is 16.3. The molecule has 2 rings (SSSR count). The summed E-state index contributed by atoms with van der Waals surface area (Å²) in [6, 6.07) is 9.64. The zero-order valence-electron chi connectivity index (χ0n) is 11.5. The lowest BCUT2D eigenvalue weighted by Gasteiger charge is -2.09. The average molecular weight is 343 g/mol. The molecule has 0 saturated heterocycles. The molecule has 2 aromatic carbocycles. The number of nitrogens with zero attached hydrogens (tertiary/aromatic N) is 1. The summed E-state index contributed by atoms with van der Waals surface area (Å²) in [6.45, 7) is 0. The zero-order chi connectivity index (χ0) is 16.2. The van der Waals surface area contributed by atoms with Crippen LogP contribution in [-0.4, -0.2) is 21.7 Å². The number of methoxy groups -OCH3 is 1. The van der Waals surface area contributed by atoms with E-state index in [1.807, 2.05) is 4.83 Å². The van der Waals surface area contributed by atoms with E-state index in [1.165, 1.54) is 55.8 Å². The molecular weight excluding hydrogens is 331 g/mol. The van der Waals surface area contributed by atoms with Crippen LogP contribution in [0.3, 0.4) is 0 Å². The largest absolute Gasteiger partial charge is 0.495 e. The molecule has 0 heterocycles. The molecule has 1 N–H and O–H groups in total. The van der Waals surface area contributed by atoms with Crippen LogP contribution in [0.4, 0.5) is 4.39 Å². The minimum Gasteiger partial charge on any atom is -0.495 e. The van der Waals surface area contributed by atoms with Crippen molar-refractivity contribution in [3.05, 3.63) is 58.9 Å². The summed E-state index contributed by atoms with van der Waals surface area (Å²) in [5, 5.41) is 3.89. The highest BCUT2D eigenvalue weighted by molar-refractivity contribution is 7.89. The molecule has 0 aromatic heterocycles. The molecule has 0 amide bonds. The third-order valence-corrected chi connectivity index (χ3v) is 4.15. The van der Waals surface area contributed by atoms with Gasteiger partial charge in [-0.1, -0.05) is 23.7 Å². The van der Waals surface area contributed by atoms with Crippen molar-refractivity contribution in [2.24, 2.45) is 5.10 Å².